The number of hydrazone groups is 1. The Labute approximate surface area is 178 Å². The third kappa shape index (κ3) is 7.98. The van der Waals surface area contributed by atoms with Gasteiger partial charge in [-0.3, -0.25) is 14.8 Å². The number of carbonyl (C=O) groups is 1. The summed E-state index contributed by atoms with van der Waals surface area (Å²) in [5.41, 5.74) is 6.05. The van der Waals surface area contributed by atoms with E-state index in [1.54, 1.807) is 6.92 Å². The number of rotatable bonds is 5. The molecule has 0 saturated carbocycles. The first-order valence-corrected chi connectivity index (χ1v) is 10.2. The van der Waals surface area contributed by atoms with Crippen LogP contribution in [0.1, 0.15) is 37.2 Å². The van der Waals surface area contributed by atoms with Crippen LogP contribution in [0.15, 0.2) is 94.9 Å². The molecule has 30 heavy (non-hydrogen) atoms. The second-order valence-corrected chi connectivity index (χ2v) is 7.52. The predicted octanol–water partition coefficient (Wildman–Crippen LogP) is 5.29. The van der Waals surface area contributed by atoms with E-state index < -0.39 is 10.1 Å². The molecule has 0 fully saturated rings. The fourth-order valence-corrected chi connectivity index (χ4v) is 2.75. The van der Waals surface area contributed by atoms with Crippen molar-refractivity contribution in [2.75, 3.05) is 5.43 Å². The van der Waals surface area contributed by atoms with Crippen LogP contribution in [0.5, 0.6) is 0 Å². The highest BCUT2D eigenvalue weighted by atomic mass is 32.2. The molecule has 3 aromatic rings. The molecule has 0 heterocycles. The number of Topliss-reactive ketones (excluding diaryl/α,β-unsaturated/α-hetero) is 1. The molecule has 0 aliphatic carbocycles. The predicted molar refractivity (Wildman–Crippen MR) is 122 cm³/mol. The Hall–Kier alpha value is -3.29. The highest BCUT2D eigenvalue weighted by Crippen LogP contribution is 2.14. The van der Waals surface area contributed by atoms with Crippen molar-refractivity contribution in [1.82, 2.24) is 0 Å². The van der Waals surface area contributed by atoms with Gasteiger partial charge < -0.3 is 0 Å². The Morgan fingerprint density at radius 1 is 0.800 bits per heavy atom. The van der Waals surface area contributed by atoms with Crippen LogP contribution in [0.4, 0.5) is 5.69 Å². The van der Waals surface area contributed by atoms with Gasteiger partial charge in [-0.05, 0) is 43.7 Å². The molecule has 158 valence electrons. The zero-order valence-electron chi connectivity index (χ0n) is 16.1. The number of nitrogens with zero attached hydrogens (tertiary/aromatic N) is 1. The summed E-state index contributed by atoms with van der Waals surface area (Å²) in [5, 5.41) is 4.21. The van der Waals surface area contributed by atoms with Crippen molar-refractivity contribution in [3.63, 3.8) is 0 Å². The topological polar surface area (TPSA) is 95.8 Å². The van der Waals surface area contributed by atoms with E-state index in [0.717, 1.165) is 16.8 Å². The summed E-state index contributed by atoms with van der Waals surface area (Å²) in [5.74, 6) is 0.121. The molecule has 6 nitrogen and oxygen atoms in total. The van der Waals surface area contributed by atoms with Gasteiger partial charge >= 0.3 is 0 Å². The van der Waals surface area contributed by atoms with Crippen molar-refractivity contribution in [3.05, 3.63) is 96.1 Å². The zero-order valence-corrected chi connectivity index (χ0v) is 16.9. The lowest BCUT2D eigenvalue weighted by atomic mass is 10.1. The van der Waals surface area contributed by atoms with Gasteiger partial charge in [0.25, 0.3) is 10.1 Å². The van der Waals surface area contributed by atoms with Gasteiger partial charge in [0.1, 0.15) is 0 Å². The Kier molecular flexibility index (Phi) is 9.61. The summed E-state index contributed by atoms with van der Waals surface area (Å²) >= 11 is 0. The number of hydrogen-bond acceptors (Lipinski definition) is 5. The van der Waals surface area contributed by atoms with Gasteiger partial charge in [0.2, 0.25) is 0 Å². The molecule has 7 heteroatoms. The fourth-order valence-electron chi connectivity index (χ4n) is 2.27. The van der Waals surface area contributed by atoms with Crippen molar-refractivity contribution < 1.29 is 17.8 Å². The average Bonchev–Trinajstić information content (AvgIpc) is 2.73. The Morgan fingerprint density at radius 2 is 1.27 bits per heavy atom. The molecule has 0 amide bonds. The second kappa shape index (κ2) is 11.6. The van der Waals surface area contributed by atoms with Crippen LogP contribution in [-0.2, 0) is 10.1 Å². The first-order chi connectivity index (χ1) is 13.8. The smallest absolute Gasteiger partial charge is 0.294 e. The average molecular weight is 427 g/mol. The maximum absolute atomic E-state index is 10.9. The van der Waals surface area contributed by atoms with Crippen molar-refractivity contribution >= 4 is 27.3 Å². The van der Waals surface area contributed by atoms with E-state index >= 15 is 0 Å². The quantitative estimate of drug-likeness (QED) is 0.250. The second-order valence-electron chi connectivity index (χ2n) is 6.10. The number of nitrogens with one attached hydrogen (secondary N) is 1. The molecule has 0 bridgehead atoms. The van der Waals surface area contributed by atoms with Crippen LogP contribution < -0.4 is 5.43 Å². The van der Waals surface area contributed by atoms with E-state index in [1.165, 1.54) is 24.3 Å². The SMILES string of the molecule is C.C/C(=N\Nc1ccc(S(=O)(=O)O)cc1)c1ccccc1.CC(=O)c1ccccc1. The third-order valence-electron chi connectivity index (χ3n) is 3.88. The monoisotopic (exact) mass is 426 g/mol. The normalized spacial score (nSPS) is 10.8. The highest BCUT2D eigenvalue weighted by molar-refractivity contribution is 7.85. The molecule has 3 aromatic carbocycles. The van der Waals surface area contributed by atoms with Gasteiger partial charge in [-0.1, -0.05) is 68.1 Å². The van der Waals surface area contributed by atoms with E-state index in [9.17, 15) is 13.2 Å². The molecule has 0 spiro atoms. The molecule has 0 aromatic heterocycles. The summed E-state index contributed by atoms with van der Waals surface area (Å²) in [6.07, 6.45) is 0. The maximum Gasteiger partial charge on any atom is 0.294 e. The lowest BCUT2D eigenvalue weighted by Crippen LogP contribution is -2.00. The molecule has 0 unspecified atom stereocenters. The van der Waals surface area contributed by atoms with E-state index in [1.807, 2.05) is 67.6 Å². The van der Waals surface area contributed by atoms with Crippen LogP contribution >= 0.6 is 0 Å². The molecule has 0 atom stereocenters. The van der Waals surface area contributed by atoms with Crippen molar-refractivity contribution in [2.45, 2.75) is 26.2 Å². The molecule has 2 N–H and O–H groups in total. The largest absolute Gasteiger partial charge is 0.295 e. The van der Waals surface area contributed by atoms with Gasteiger partial charge in [-0.2, -0.15) is 13.5 Å². The zero-order chi connectivity index (χ0) is 21.3. The molecule has 0 saturated heterocycles. The van der Waals surface area contributed by atoms with Crippen molar-refractivity contribution in [3.8, 4) is 0 Å². The number of hydrogen-bond donors (Lipinski definition) is 2. The van der Waals surface area contributed by atoms with Gasteiger partial charge in [0, 0.05) is 5.56 Å². The highest BCUT2D eigenvalue weighted by Gasteiger charge is 2.08. The first-order valence-electron chi connectivity index (χ1n) is 8.76. The van der Waals surface area contributed by atoms with Crippen LogP contribution in [0.3, 0.4) is 0 Å². The van der Waals surface area contributed by atoms with Crippen LogP contribution in [0.2, 0.25) is 0 Å². The number of anilines is 1. The van der Waals surface area contributed by atoms with E-state index in [0.29, 0.717) is 5.69 Å². The van der Waals surface area contributed by atoms with Crippen molar-refractivity contribution in [2.24, 2.45) is 5.10 Å². The Bertz CT molecular complexity index is 1060. The molecule has 0 radical (unpaired) electrons. The number of carbonyl (C=O) groups excluding carboxylic acids is 1. The minimum Gasteiger partial charge on any atom is -0.295 e. The summed E-state index contributed by atoms with van der Waals surface area (Å²) < 4.78 is 30.7. The van der Waals surface area contributed by atoms with E-state index in [4.69, 9.17) is 4.55 Å². The van der Waals surface area contributed by atoms with Gasteiger partial charge in [0.15, 0.2) is 5.78 Å². The van der Waals surface area contributed by atoms with E-state index in [-0.39, 0.29) is 18.1 Å². The summed E-state index contributed by atoms with van der Waals surface area (Å²) in [7, 11) is -4.16. The fraction of sp³-hybridized carbons (Fsp3) is 0.130. The molecular formula is C23H26N2O4S. The van der Waals surface area contributed by atoms with E-state index in [2.05, 4.69) is 10.5 Å². The minimum atomic E-state index is -4.16. The molecular weight excluding hydrogens is 400 g/mol. The summed E-state index contributed by atoms with van der Waals surface area (Å²) in [6, 6.07) is 24.6. The third-order valence-corrected chi connectivity index (χ3v) is 4.74. The van der Waals surface area contributed by atoms with Crippen molar-refractivity contribution in [1.29, 1.82) is 0 Å². The Balaban J connectivity index is 0.000000379. The number of ketones is 1. The maximum atomic E-state index is 10.9. The summed E-state index contributed by atoms with van der Waals surface area (Å²) in [4.78, 5) is 10.5. The lowest BCUT2D eigenvalue weighted by molar-refractivity contribution is 0.101. The summed E-state index contributed by atoms with van der Waals surface area (Å²) in [6.45, 7) is 3.43. The van der Waals surface area contributed by atoms with Crippen LogP contribution in [0.25, 0.3) is 0 Å². The number of benzene rings is 3. The molecule has 0 aliphatic heterocycles. The standard InChI is InChI=1S/C14H14N2O3S.C8H8O.CH4/c1-11(12-5-3-2-4-6-12)15-16-13-7-9-14(10-8-13)20(17,18)19;1-7(9)8-5-3-2-4-6-8;/h2-10,16H,1H3,(H,17,18,19);2-6H,1H3;1H4/b15-11+;;. The van der Waals surface area contributed by atoms with Crippen LogP contribution in [-0.4, -0.2) is 24.5 Å². The minimum absolute atomic E-state index is 0. The molecule has 0 aliphatic rings. The first kappa shape index (κ1) is 24.7. The lowest BCUT2D eigenvalue weighted by Gasteiger charge is -2.04. The molecule has 3 rings (SSSR count). The van der Waals surface area contributed by atoms with Gasteiger partial charge in [-0.25, -0.2) is 0 Å². The van der Waals surface area contributed by atoms with Gasteiger partial charge in [0.05, 0.1) is 16.3 Å². The van der Waals surface area contributed by atoms with Gasteiger partial charge in [-0.15, -0.1) is 0 Å². The Morgan fingerprint density at radius 3 is 1.67 bits per heavy atom. The van der Waals surface area contributed by atoms with Crippen LogP contribution in [0, 0.1) is 0 Å².